The highest BCUT2D eigenvalue weighted by Gasteiger charge is 2.19. The lowest BCUT2D eigenvalue weighted by atomic mass is 10.1. The summed E-state index contributed by atoms with van der Waals surface area (Å²) in [7, 11) is 1.96. The van der Waals surface area contributed by atoms with Gasteiger partial charge in [0.05, 0.1) is 0 Å². The largest absolute Gasteiger partial charge is 0.340 e. The van der Waals surface area contributed by atoms with Crippen LogP contribution >= 0.6 is 0 Å². The quantitative estimate of drug-likeness (QED) is 0.698. The third kappa shape index (κ3) is 3.04. The Kier molecular flexibility index (Phi) is 4.34. The lowest BCUT2D eigenvalue weighted by molar-refractivity contribution is 0.680. The van der Waals surface area contributed by atoms with E-state index in [4.69, 9.17) is 9.97 Å². The van der Waals surface area contributed by atoms with Crippen molar-refractivity contribution in [3.05, 3.63) is 29.2 Å². The first-order valence-electron chi connectivity index (χ1n) is 9.39. The van der Waals surface area contributed by atoms with Crippen molar-refractivity contribution in [2.24, 2.45) is 7.05 Å². The van der Waals surface area contributed by atoms with E-state index in [2.05, 4.69) is 33.9 Å². The zero-order valence-electron chi connectivity index (χ0n) is 16.0. The molecular formula is C18H26N8. The van der Waals surface area contributed by atoms with Gasteiger partial charge in [0.25, 0.3) is 0 Å². The Bertz CT molecular complexity index is 917. The predicted octanol–water partition coefficient (Wildman–Crippen LogP) is 2.07. The molecule has 0 bridgehead atoms. The first-order chi connectivity index (χ1) is 12.5. The molecule has 0 amide bonds. The average molecular weight is 354 g/mol. The maximum atomic E-state index is 4.77. The van der Waals surface area contributed by atoms with Crippen LogP contribution in [0, 0.1) is 6.92 Å². The molecule has 0 spiro atoms. The van der Waals surface area contributed by atoms with Crippen molar-refractivity contribution in [1.29, 1.82) is 0 Å². The number of hydrogen-bond donors (Lipinski definition) is 0. The third-order valence-electron chi connectivity index (χ3n) is 5.03. The fourth-order valence-corrected chi connectivity index (χ4v) is 3.45. The summed E-state index contributed by atoms with van der Waals surface area (Å²) in [5.41, 5.74) is 2.04. The Morgan fingerprint density at radius 1 is 1.08 bits per heavy atom. The molecule has 4 rings (SSSR count). The van der Waals surface area contributed by atoms with Crippen molar-refractivity contribution in [1.82, 2.24) is 34.3 Å². The number of anilines is 1. The van der Waals surface area contributed by atoms with Gasteiger partial charge in [0.1, 0.15) is 11.6 Å². The van der Waals surface area contributed by atoms with E-state index < -0.39 is 0 Å². The second-order valence-electron chi connectivity index (χ2n) is 7.32. The molecule has 138 valence electrons. The second-order valence-corrected chi connectivity index (χ2v) is 7.32. The van der Waals surface area contributed by atoms with Gasteiger partial charge in [-0.15, -0.1) is 10.2 Å². The number of rotatable bonds is 5. The maximum absolute atomic E-state index is 4.77. The molecule has 8 heteroatoms. The number of hydrogen-bond acceptors (Lipinski definition) is 6. The van der Waals surface area contributed by atoms with Gasteiger partial charge in [0.15, 0.2) is 11.5 Å². The van der Waals surface area contributed by atoms with E-state index in [9.17, 15) is 0 Å². The third-order valence-corrected chi connectivity index (χ3v) is 5.03. The van der Waals surface area contributed by atoms with Gasteiger partial charge in [-0.3, -0.25) is 4.68 Å². The van der Waals surface area contributed by atoms with Gasteiger partial charge >= 0.3 is 0 Å². The minimum absolute atomic E-state index is 0.365. The van der Waals surface area contributed by atoms with Gasteiger partial charge in [-0.05, 0) is 25.7 Å². The first-order valence-corrected chi connectivity index (χ1v) is 9.39. The summed E-state index contributed by atoms with van der Waals surface area (Å²) < 4.78 is 3.74. The van der Waals surface area contributed by atoms with Crippen LogP contribution in [0.15, 0.2) is 6.20 Å². The Morgan fingerprint density at radius 2 is 1.85 bits per heavy atom. The Labute approximate surface area is 153 Å². The van der Waals surface area contributed by atoms with Crippen LogP contribution in [-0.4, -0.2) is 47.4 Å². The molecule has 0 N–H and O–H groups in total. The molecule has 0 aliphatic carbocycles. The van der Waals surface area contributed by atoms with E-state index in [0.29, 0.717) is 5.92 Å². The highest BCUT2D eigenvalue weighted by atomic mass is 15.4. The summed E-state index contributed by atoms with van der Waals surface area (Å²) in [5, 5.41) is 9.23. The van der Waals surface area contributed by atoms with Crippen LogP contribution in [0.4, 0.5) is 5.95 Å². The lowest BCUT2D eigenvalue weighted by Crippen LogP contribution is -2.19. The number of fused-ring (bicyclic) bond motifs is 1. The molecule has 1 aliphatic rings. The molecule has 3 aromatic rings. The smallest absolute Gasteiger partial charge is 0.244 e. The molecule has 0 aromatic carbocycles. The highest BCUT2D eigenvalue weighted by Crippen LogP contribution is 2.20. The lowest BCUT2D eigenvalue weighted by Gasteiger charge is -2.10. The van der Waals surface area contributed by atoms with E-state index in [1.807, 2.05) is 29.4 Å². The molecule has 0 radical (unpaired) electrons. The molecule has 3 aromatic heterocycles. The van der Waals surface area contributed by atoms with Crippen LogP contribution in [0.2, 0.25) is 0 Å². The molecular weight excluding hydrogens is 328 g/mol. The summed E-state index contributed by atoms with van der Waals surface area (Å²) >= 11 is 0. The normalized spacial score (nSPS) is 14.9. The fourth-order valence-electron chi connectivity index (χ4n) is 3.45. The second kappa shape index (κ2) is 6.66. The van der Waals surface area contributed by atoms with Gasteiger partial charge in [-0.2, -0.15) is 9.50 Å². The molecule has 1 aliphatic heterocycles. The highest BCUT2D eigenvalue weighted by molar-refractivity contribution is 5.48. The molecule has 26 heavy (non-hydrogen) atoms. The summed E-state index contributed by atoms with van der Waals surface area (Å²) in [6.07, 6.45) is 5.88. The standard InChI is InChI=1S/C18H26N8/c1-12(2)14-11-19-13(3)26-17(14)20-15(22-26)7-8-16-21-18(23-24(16)4)25-9-5-6-10-25/h11-12H,5-10H2,1-4H3. The van der Waals surface area contributed by atoms with Gasteiger partial charge < -0.3 is 4.90 Å². The van der Waals surface area contributed by atoms with Crippen molar-refractivity contribution < 1.29 is 0 Å². The Balaban J connectivity index is 1.55. The molecule has 0 unspecified atom stereocenters. The molecule has 8 nitrogen and oxygen atoms in total. The molecule has 1 saturated heterocycles. The van der Waals surface area contributed by atoms with Crippen LogP contribution in [0.25, 0.3) is 5.65 Å². The predicted molar refractivity (Wildman–Crippen MR) is 99.5 cm³/mol. The van der Waals surface area contributed by atoms with E-state index in [0.717, 1.165) is 60.6 Å². The van der Waals surface area contributed by atoms with Crippen molar-refractivity contribution in [2.75, 3.05) is 18.0 Å². The molecule has 0 atom stereocenters. The Hall–Kier alpha value is -2.51. The molecule has 1 fully saturated rings. The average Bonchev–Trinajstić information content (AvgIpc) is 3.32. The topological polar surface area (TPSA) is 77.0 Å². The minimum atomic E-state index is 0.365. The van der Waals surface area contributed by atoms with E-state index in [1.54, 1.807) is 0 Å². The van der Waals surface area contributed by atoms with Crippen molar-refractivity contribution in [2.45, 2.75) is 52.4 Å². The summed E-state index contributed by atoms with van der Waals surface area (Å²) in [4.78, 5) is 16.2. The van der Waals surface area contributed by atoms with E-state index in [-0.39, 0.29) is 0 Å². The number of aromatic nitrogens is 7. The van der Waals surface area contributed by atoms with Crippen molar-refractivity contribution in [3.8, 4) is 0 Å². The maximum Gasteiger partial charge on any atom is 0.244 e. The number of aryl methyl sites for hydroxylation is 4. The SMILES string of the molecule is Cc1ncc(C(C)C)c2nc(CCc3nc(N4CCCC4)nn3C)nn12. The molecule has 0 saturated carbocycles. The van der Waals surface area contributed by atoms with Crippen LogP contribution in [-0.2, 0) is 19.9 Å². The van der Waals surface area contributed by atoms with Crippen molar-refractivity contribution in [3.63, 3.8) is 0 Å². The summed E-state index contributed by atoms with van der Waals surface area (Å²) in [6.45, 7) is 8.38. The van der Waals surface area contributed by atoms with Crippen LogP contribution in [0.3, 0.4) is 0 Å². The first kappa shape index (κ1) is 16.9. The monoisotopic (exact) mass is 354 g/mol. The van der Waals surface area contributed by atoms with E-state index in [1.165, 1.54) is 12.8 Å². The number of nitrogens with zero attached hydrogens (tertiary/aromatic N) is 8. The summed E-state index contributed by atoms with van der Waals surface area (Å²) in [6, 6.07) is 0. The van der Waals surface area contributed by atoms with E-state index >= 15 is 0 Å². The zero-order chi connectivity index (χ0) is 18.3. The van der Waals surface area contributed by atoms with Crippen LogP contribution in [0.1, 0.15) is 55.6 Å². The Morgan fingerprint density at radius 3 is 2.58 bits per heavy atom. The van der Waals surface area contributed by atoms with Crippen LogP contribution in [0.5, 0.6) is 0 Å². The van der Waals surface area contributed by atoms with Gasteiger partial charge in [-0.1, -0.05) is 13.8 Å². The van der Waals surface area contributed by atoms with Crippen molar-refractivity contribution >= 4 is 11.6 Å². The van der Waals surface area contributed by atoms with Gasteiger partial charge in [-0.25, -0.2) is 9.97 Å². The zero-order valence-corrected chi connectivity index (χ0v) is 16.0. The fraction of sp³-hybridized carbons (Fsp3) is 0.611. The summed E-state index contributed by atoms with van der Waals surface area (Å²) in [5.74, 6) is 3.88. The van der Waals surface area contributed by atoms with Gasteiger partial charge in [0.2, 0.25) is 5.95 Å². The molecule has 4 heterocycles. The van der Waals surface area contributed by atoms with Gasteiger partial charge in [0, 0.05) is 44.7 Å². The van der Waals surface area contributed by atoms with Crippen LogP contribution < -0.4 is 4.90 Å². The minimum Gasteiger partial charge on any atom is -0.340 e.